The predicted octanol–water partition coefficient (Wildman–Crippen LogP) is 0.757. The molecule has 1 N–H and O–H groups in total. The van der Waals surface area contributed by atoms with Gasteiger partial charge in [-0.25, -0.2) is 0 Å². The molecule has 0 aromatic heterocycles. The Morgan fingerprint density at radius 2 is 1.94 bits per heavy atom. The first kappa shape index (κ1) is 13.9. The van der Waals surface area contributed by atoms with Crippen LogP contribution in [0.15, 0.2) is 0 Å². The van der Waals surface area contributed by atoms with Crippen molar-refractivity contribution in [1.29, 1.82) is 0 Å². The number of rotatable bonds is 3. The second-order valence-corrected chi connectivity index (χ2v) is 5.63. The van der Waals surface area contributed by atoms with Gasteiger partial charge in [0, 0.05) is 19.1 Å². The van der Waals surface area contributed by atoms with Crippen molar-refractivity contribution in [2.75, 3.05) is 40.0 Å². The second kappa shape index (κ2) is 5.96. The first-order valence-electron chi connectivity index (χ1n) is 6.10. The molecule has 0 aromatic rings. The molecule has 4 nitrogen and oxygen atoms in total. The molecule has 1 saturated heterocycles. The molecule has 0 aliphatic carbocycles. The molecule has 0 saturated carbocycles. The Bertz CT molecular complexity index is 204. The van der Waals surface area contributed by atoms with Gasteiger partial charge in [-0.05, 0) is 40.8 Å². The molecule has 0 radical (unpaired) electrons. The normalized spacial score (nSPS) is 25.7. The molecule has 1 heterocycles. The summed E-state index contributed by atoms with van der Waals surface area (Å²) in [6, 6.07) is 0.243. The highest BCUT2D eigenvalue weighted by molar-refractivity contribution is 4.76. The van der Waals surface area contributed by atoms with Crippen molar-refractivity contribution < 1.29 is 9.84 Å². The smallest absolute Gasteiger partial charge is 0.100 e. The van der Waals surface area contributed by atoms with Crippen molar-refractivity contribution in [3.8, 4) is 0 Å². The van der Waals surface area contributed by atoms with Gasteiger partial charge in [0.15, 0.2) is 0 Å². The van der Waals surface area contributed by atoms with Crippen molar-refractivity contribution in [1.82, 2.24) is 9.80 Å². The molecule has 96 valence electrons. The molecule has 0 bridgehead atoms. The van der Waals surface area contributed by atoms with Crippen LogP contribution in [0.1, 0.15) is 27.2 Å². The molecule has 16 heavy (non-hydrogen) atoms. The van der Waals surface area contributed by atoms with E-state index in [1.165, 1.54) is 0 Å². The first-order chi connectivity index (χ1) is 7.42. The number of aliphatic hydroxyl groups excluding tert-OH is 1. The lowest BCUT2D eigenvalue weighted by Gasteiger charge is -2.31. The van der Waals surface area contributed by atoms with Crippen LogP contribution in [0.4, 0.5) is 0 Å². The van der Waals surface area contributed by atoms with Crippen LogP contribution in [0, 0.1) is 0 Å². The summed E-state index contributed by atoms with van der Waals surface area (Å²) < 4.78 is 5.79. The molecule has 1 fully saturated rings. The topological polar surface area (TPSA) is 35.9 Å². The minimum Gasteiger partial charge on any atom is -0.395 e. The van der Waals surface area contributed by atoms with Crippen molar-refractivity contribution >= 4 is 0 Å². The molecule has 1 rings (SSSR count). The fourth-order valence-electron chi connectivity index (χ4n) is 1.80. The lowest BCUT2D eigenvalue weighted by atomic mass is 10.2. The maximum Gasteiger partial charge on any atom is 0.100 e. The average molecular weight is 230 g/mol. The summed E-state index contributed by atoms with van der Waals surface area (Å²) in [6.45, 7) is 10.1. The van der Waals surface area contributed by atoms with Gasteiger partial charge in [-0.3, -0.25) is 4.90 Å². The molecule has 4 heteroatoms. The SMILES string of the molecule is CN1CCC(CO)N(COC(C)(C)C)CC1. The Morgan fingerprint density at radius 1 is 1.25 bits per heavy atom. The fraction of sp³-hybridized carbons (Fsp3) is 1.00. The quantitative estimate of drug-likeness (QED) is 0.776. The van der Waals surface area contributed by atoms with Crippen LogP contribution < -0.4 is 0 Å². The van der Waals surface area contributed by atoms with Crippen molar-refractivity contribution in [2.24, 2.45) is 0 Å². The van der Waals surface area contributed by atoms with E-state index in [1.54, 1.807) is 0 Å². The van der Waals surface area contributed by atoms with E-state index in [2.05, 4.69) is 37.6 Å². The van der Waals surface area contributed by atoms with Gasteiger partial charge in [-0.1, -0.05) is 0 Å². The lowest BCUT2D eigenvalue weighted by Crippen LogP contribution is -2.42. The standard InChI is InChI=1S/C12H26N2O2/c1-12(2,3)16-10-14-8-7-13(4)6-5-11(14)9-15/h11,15H,5-10H2,1-4H3. The highest BCUT2D eigenvalue weighted by Gasteiger charge is 2.23. The van der Waals surface area contributed by atoms with E-state index in [-0.39, 0.29) is 18.2 Å². The Morgan fingerprint density at radius 3 is 2.50 bits per heavy atom. The molecular formula is C12H26N2O2. The number of hydrogen-bond donors (Lipinski definition) is 1. The van der Waals surface area contributed by atoms with Crippen molar-refractivity contribution in [2.45, 2.75) is 38.8 Å². The molecule has 0 spiro atoms. The Balaban J connectivity index is 2.47. The number of aliphatic hydroxyl groups is 1. The van der Waals surface area contributed by atoms with Crippen LogP contribution in [0.25, 0.3) is 0 Å². The zero-order valence-corrected chi connectivity index (χ0v) is 11.1. The van der Waals surface area contributed by atoms with E-state index < -0.39 is 0 Å². The maximum absolute atomic E-state index is 9.39. The van der Waals surface area contributed by atoms with E-state index in [9.17, 15) is 5.11 Å². The van der Waals surface area contributed by atoms with E-state index >= 15 is 0 Å². The average Bonchev–Trinajstić information content (AvgIpc) is 2.36. The molecule has 0 aromatic carbocycles. The van der Waals surface area contributed by atoms with Crippen LogP contribution in [0.2, 0.25) is 0 Å². The summed E-state index contributed by atoms with van der Waals surface area (Å²) in [6.07, 6.45) is 1.01. The predicted molar refractivity (Wildman–Crippen MR) is 65.4 cm³/mol. The van der Waals surface area contributed by atoms with E-state index in [0.717, 1.165) is 26.1 Å². The number of ether oxygens (including phenoxy) is 1. The fourth-order valence-corrected chi connectivity index (χ4v) is 1.80. The third-order valence-electron chi connectivity index (χ3n) is 3.00. The van der Waals surface area contributed by atoms with Crippen LogP contribution in [0.5, 0.6) is 0 Å². The number of nitrogens with zero attached hydrogens (tertiary/aromatic N) is 2. The highest BCUT2D eigenvalue weighted by atomic mass is 16.5. The molecular weight excluding hydrogens is 204 g/mol. The Kier molecular flexibility index (Phi) is 5.18. The Hall–Kier alpha value is -0.160. The summed E-state index contributed by atoms with van der Waals surface area (Å²) in [5, 5.41) is 9.39. The van der Waals surface area contributed by atoms with Crippen LogP contribution in [-0.4, -0.2) is 66.6 Å². The summed E-state index contributed by atoms with van der Waals surface area (Å²) in [7, 11) is 2.13. The minimum absolute atomic E-state index is 0.113. The molecule has 0 amide bonds. The monoisotopic (exact) mass is 230 g/mol. The van der Waals surface area contributed by atoms with Gasteiger partial charge in [0.1, 0.15) is 6.73 Å². The highest BCUT2D eigenvalue weighted by Crippen LogP contribution is 2.13. The third-order valence-corrected chi connectivity index (χ3v) is 3.00. The lowest BCUT2D eigenvalue weighted by molar-refractivity contribution is -0.0798. The van der Waals surface area contributed by atoms with Gasteiger partial charge in [-0.15, -0.1) is 0 Å². The van der Waals surface area contributed by atoms with Gasteiger partial charge < -0.3 is 14.7 Å². The molecule has 1 atom stereocenters. The molecule has 1 unspecified atom stereocenters. The maximum atomic E-state index is 9.39. The zero-order chi connectivity index (χ0) is 12.2. The largest absolute Gasteiger partial charge is 0.395 e. The summed E-state index contributed by atoms with van der Waals surface area (Å²) in [5.41, 5.74) is -0.113. The zero-order valence-electron chi connectivity index (χ0n) is 11.1. The second-order valence-electron chi connectivity index (χ2n) is 5.63. The van der Waals surface area contributed by atoms with Gasteiger partial charge in [0.2, 0.25) is 0 Å². The van der Waals surface area contributed by atoms with Crippen LogP contribution in [0.3, 0.4) is 0 Å². The van der Waals surface area contributed by atoms with Gasteiger partial charge in [0.05, 0.1) is 12.2 Å². The van der Waals surface area contributed by atoms with Crippen LogP contribution in [-0.2, 0) is 4.74 Å². The van der Waals surface area contributed by atoms with Crippen LogP contribution >= 0.6 is 0 Å². The van der Waals surface area contributed by atoms with Crippen molar-refractivity contribution in [3.05, 3.63) is 0 Å². The Labute approximate surface area is 99.2 Å². The van der Waals surface area contributed by atoms with Gasteiger partial charge >= 0.3 is 0 Å². The van der Waals surface area contributed by atoms with Crippen molar-refractivity contribution in [3.63, 3.8) is 0 Å². The van der Waals surface area contributed by atoms with E-state index in [0.29, 0.717) is 6.73 Å². The molecule has 1 aliphatic heterocycles. The summed E-state index contributed by atoms with van der Waals surface area (Å²) >= 11 is 0. The summed E-state index contributed by atoms with van der Waals surface area (Å²) in [4.78, 5) is 4.55. The third kappa shape index (κ3) is 4.78. The number of likely N-dealkylation sites (N-methyl/N-ethyl adjacent to an activating group) is 1. The number of hydrogen-bond acceptors (Lipinski definition) is 4. The van der Waals surface area contributed by atoms with Gasteiger partial charge in [0.25, 0.3) is 0 Å². The minimum atomic E-state index is -0.113. The van der Waals surface area contributed by atoms with Gasteiger partial charge in [-0.2, -0.15) is 0 Å². The first-order valence-corrected chi connectivity index (χ1v) is 6.10. The molecule has 1 aliphatic rings. The van der Waals surface area contributed by atoms with E-state index in [1.807, 2.05) is 0 Å². The van der Waals surface area contributed by atoms with E-state index in [4.69, 9.17) is 4.74 Å². The summed E-state index contributed by atoms with van der Waals surface area (Å²) in [5.74, 6) is 0.